The number of aryl methyl sites for hydroxylation is 1. The van der Waals surface area contributed by atoms with Gasteiger partial charge in [0.25, 0.3) is 0 Å². The standard InChI is InChI=1S/C21H19ClO/c1-16-15-19(13-14-20(16)23-2)21(22,17-9-5-3-6-10-17)18-11-7-4-8-12-18/h3-15H,1-2H3. The summed E-state index contributed by atoms with van der Waals surface area (Å²) < 4.78 is 5.38. The highest BCUT2D eigenvalue weighted by atomic mass is 35.5. The van der Waals surface area contributed by atoms with Crippen LogP contribution in [-0.2, 0) is 4.87 Å². The van der Waals surface area contributed by atoms with Gasteiger partial charge in [0.1, 0.15) is 10.6 Å². The lowest BCUT2D eigenvalue weighted by Crippen LogP contribution is -2.22. The average Bonchev–Trinajstić information content (AvgIpc) is 2.62. The highest BCUT2D eigenvalue weighted by Crippen LogP contribution is 2.43. The lowest BCUT2D eigenvalue weighted by Gasteiger charge is -2.29. The lowest BCUT2D eigenvalue weighted by molar-refractivity contribution is 0.411. The van der Waals surface area contributed by atoms with Gasteiger partial charge in [0.2, 0.25) is 0 Å². The molecule has 0 saturated heterocycles. The van der Waals surface area contributed by atoms with Crippen LogP contribution in [0.2, 0.25) is 0 Å². The number of hydrogen-bond donors (Lipinski definition) is 0. The third-order valence-electron chi connectivity index (χ3n) is 4.14. The molecule has 0 heterocycles. The second kappa shape index (κ2) is 6.47. The van der Waals surface area contributed by atoms with Crippen LogP contribution in [0.25, 0.3) is 0 Å². The molecule has 0 atom stereocenters. The molecule has 3 aromatic carbocycles. The van der Waals surface area contributed by atoms with Crippen molar-refractivity contribution in [3.63, 3.8) is 0 Å². The molecule has 0 bridgehead atoms. The van der Waals surface area contributed by atoms with E-state index in [9.17, 15) is 0 Å². The molecule has 0 aliphatic rings. The summed E-state index contributed by atoms with van der Waals surface area (Å²) in [6.07, 6.45) is 0. The predicted octanol–water partition coefficient (Wildman–Crippen LogP) is 5.53. The van der Waals surface area contributed by atoms with E-state index in [0.29, 0.717) is 0 Å². The van der Waals surface area contributed by atoms with Crippen LogP contribution < -0.4 is 4.74 Å². The van der Waals surface area contributed by atoms with Crippen molar-refractivity contribution in [1.82, 2.24) is 0 Å². The molecule has 23 heavy (non-hydrogen) atoms. The van der Waals surface area contributed by atoms with Gasteiger partial charge in [0, 0.05) is 0 Å². The first-order chi connectivity index (χ1) is 11.2. The summed E-state index contributed by atoms with van der Waals surface area (Å²) in [4.78, 5) is -0.723. The third-order valence-corrected chi connectivity index (χ3v) is 4.79. The van der Waals surface area contributed by atoms with Gasteiger partial charge in [0.15, 0.2) is 0 Å². The number of ether oxygens (including phenoxy) is 1. The monoisotopic (exact) mass is 322 g/mol. The van der Waals surface area contributed by atoms with Crippen LogP contribution in [0.4, 0.5) is 0 Å². The van der Waals surface area contributed by atoms with Gasteiger partial charge in [-0.25, -0.2) is 0 Å². The fraction of sp³-hybridized carbons (Fsp3) is 0.143. The minimum Gasteiger partial charge on any atom is -0.496 e. The smallest absolute Gasteiger partial charge is 0.121 e. The van der Waals surface area contributed by atoms with Crippen molar-refractivity contribution in [2.45, 2.75) is 11.8 Å². The molecule has 0 unspecified atom stereocenters. The molecule has 0 saturated carbocycles. The first kappa shape index (κ1) is 15.6. The molecule has 0 N–H and O–H groups in total. The SMILES string of the molecule is COc1ccc(C(Cl)(c2ccccc2)c2ccccc2)cc1C. The molecule has 3 aromatic rings. The van der Waals surface area contributed by atoms with E-state index >= 15 is 0 Å². The second-order valence-electron chi connectivity index (χ2n) is 5.57. The highest BCUT2D eigenvalue weighted by molar-refractivity contribution is 6.28. The Bertz CT molecular complexity index is 742. The van der Waals surface area contributed by atoms with E-state index in [4.69, 9.17) is 16.3 Å². The number of methoxy groups -OCH3 is 1. The molecule has 0 aliphatic heterocycles. The Labute approximate surface area is 142 Å². The number of rotatable bonds is 4. The van der Waals surface area contributed by atoms with E-state index in [2.05, 4.69) is 30.3 Å². The first-order valence-corrected chi connectivity index (χ1v) is 7.99. The molecule has 3 rings (SSSR count). The molecule has 0 spiro atoms. The summed E-state index contributed by atoms with van der Waals surface area (Å²) in [6, 6.07) is 26.5. The maximum Gasteiger partial charge on any atom is 0.121 e. The number of hydrogen-bond acceptors (Lipinski definition) is 1. The highest BCUT2D eigenvalue weighted by Gasteiger charge is 2.34. The molecule has 2 heteroatoms. The molecular formula is C21H19ClO. The van der Waals surface area contributed by atoms with Gasteiger partial charge in [0.05, 0.1) is 7.11 Å². The van der Waals surface area contributed by atoms with Crippen LogP contribution in [0.5, 0.6) is 5.75 Å². The maximum atomic E-state index is 7.24. The van der Waals surface area contributed by atoms with E-state index < -0.39 is 4.87 Å². The van der Waals surface area contributed by atoms with Crippen molar-refractivity contribution < 1.29 is 4.74 Å². The quantitative estimate of drug-likeness (QED) is 0.453. The van der Waals surface area contributed by atoms with Gasteiger partial charge in [-0.1, -0.05) is 66.7 Å². The van der Waals surface area contributed by atoms with Crippen molar-refractivity contribution in [3.8, 4) is 5.75 Å². The summed E-state index contributed by atoms with van der Waals surface area (Å²) in [7, 11) is 1.68. The van der Waals surface area contributed by atoms with Crippen LogP contribution in [0.15, 0.2) is 78.9 Å². The van der Waals surface area contributed by atoms with Crippen molar-refractivity contribution >= 4 is 11.6 Å². The van der Waals surface area contributed by atoms with Gasteiger partial charge in [-0.05, 0) is 41.3 Å². The molecule has 0 aliphatic carbocycles. The Morgan fingerprint density at radius 3 is 1.70 bits per heavy atom. The zero-order valence-corrected chi connectivity index (χ0v) is 14.0. The summed E-state index contributed by atoms with van der Waals surface area (Å²) in [5.41, 5.74) is 4.21. The molecule has 0 amide bonds. The Kier molecular flexibility index (Phi) is 4.40. The Hall–Kier alpha value is -2.25. The molecule has 0 aromatic heterocycles. The van der Waals surface area contributed by atoms with E-state index in [1.807, 2.05) is 55.5 Å². The molecule has 0 radical (unpaired) electrons. The van der Waals surface area contributed by atoms with Gasteiger partial charge in [-0.2, -0.15) is 0 Å². The fourth-order valence-corrected chi connectivity index (χ4v) is 3.30. The van der Waals surface area contributed by atoms with Crippen LogP contribution in [-0.4, -0.2) is 7.11 Å². The Morgan fingerprint density at radius 1 is 0.739 bits per heavy atom. The topological polar surface area (TPSA) is 9.23 Å². The number of halogens is 1. The minimum absolute atomic E-state index is 0.723. The van der Waals surface area contributed by atoms with Gasteiger partial charge < -0.3 is 4.74 Å². The fourth-order valence-electron chi connectivity index (χ4n) is 2.93. The average molecular weight is 323 g/mol. The molecular weight excluding hydrogens is 304 g/mol. The zero-order valence-electron chi connectivity index (χ0n) is 13.3. The van der Waals surface area contributed by atoms with Gasteiger partial charge >= 0.3 is 0 Å². The Balaban J connectivity index is 2.23. The van der Waals surface area contributed by atoms with Crippen molar-refractivity contribution in [2.75, 3.05) is 7.11 Å². The van der Waals surface area contributed by atoms with Crippen molar-refractivity contribution in [1.29, 1.82) is 0 Å². The van der Waals surface area contributed by atoms with E-state index in [1.54, 1.807) is 7.11 Å². The van der Waals surface area contributed by atoms with Crippen LogP contribution in [0.1, 0.15) is 22.3 Å². The van der Waals surface area contributed by atoms with E-state index in [-0.39, 0.29) is 0 Å². The van der Waals surface area contributed by atoms with Crippen molar-refractivity contribution in [2.24, 2.45) is 0 Å². The molecule has 116 valence electrons. The summed E-state index contributed by atoms with van der Waals surface area (Å²) >= 11 is 7.24. The van der Waals surface area contributed by atoms with E-state index in [1.165, 1.54) is 0 Å². The lowest BCUT2D eigenvalue weighted by atomic mass is 9.83. The number of alkyl halides is 1. The van der Waals surface area contributed by atoms with Gasteiger partial charge in [-0.3, -0.25) is 0 Å². The van der Waals surface area contributed by atoms with Crippen LogP contribution in [0.3, 0.4) is 0 Å². The summed E-state index contributed by atoms with van der Waals surface area (Å²) in [6.45, 7) is 2.04. The zero-order chi connectivity index (χ0) is 16.3. The molecule has 1 nitrogen and oxygen atoms in total. The number of benzene rings is 3. The third kappa shape index (κ3) is 2.85. The largest absolute Gasteiger partial charge is 0.496 e. The second-order valence-corrected chi connectivity index (χ2v) is 6.14. The predicted molar refractivity (Wildman–Crippen MR) is 96.4 cm³/mol. The minimum atomic E-state index is -0.723. The summed E-state index contributed by atoms with van der Waals surface area (Å²) in [5, 5.41) is 0. The van der Waals surface area contributed by atoms with Gasteiger partial charge in [-0.15, -0.1) is 11.6 Å². The van der Waals surface area contributed by atoms with Crippen LogP contribution in [0, 0.1) is 6.92 Å². The van der Waals surface area contributed by atoms with E-state index in [0.717, 1.165) is 28.0 Å². The van der Waals surface area contributed by atoms with Crippen molar-refractivity contribution in [3.05, 3.63) is 101 Å². The normalized spacial score (nSPS) is 11.3. The molecule has 0 fully saturated rings. The first-order valence-electron chi connectivity index (χ1n) is 7.61. The Morgan fingerprint density at radius 2 is 1.26 bits per heavy atom. The summed E-state index contributed by atoms with van der Waals surface area (Å²) in [5.74, 6) is 0.869. The van der Waals surface area contributed by atoms with Crippen LogP contribution >= 0.6 is 11.6 Å². The maximum absolute atomic E-state index is 7.24.